The summed E-state index contributed by atoms with van der Waals surface area (Å²) < 4.78 is 0. The molecular weight excluding hydrogens is 412 g/mol. The van der Waals surface area contributed by atoms with E-state index in [1.165, 1.54) is 19.3 Å². The lowest BCUT2D eigenvalue weighted by molar-refractivity contribution is 0.262. The van der Waals surface area contributed by atoms with Gasteiger partial charge < -0.3 is 20.9 Å². The van der Waals surface area contributed by atoms with Crippen LogP contribution in [0.25, 0.3) is 0 Å². The molecule has 3 N–H and O–H groups in total. The van der Waals surface area contributed by atoms with Gasteiger partial charge in [0.25, 0.3) is 0 Å². The monoisotopic (exact) mass is 436 g/mol. The Morgan fingerprint density at radius 1 is 0.903 bits per heavy atom. The van der Waals surface area contributed by atoms with Gasteiger partial charge in [-0.1, -0.05) is 17.7 Å². The van der Waals surface area contributed by atoms with Gasteiger partial charge in [0.1, 0.15) is 5.82 Å². The smallest absolute Gasteiger partial charge is 0.323 e. The normalized spacial score (nSPS) is 13.5. The Labute approximate surface area is 186 Å². The van der Waals surface area contributed by atoms with E-state index in [1.54, 1.807) is 24.3 Å². The van der Waals surface area contributed by atoms with Gasteiger partial charge in [0, 0.05) is 46.9 Å². The predicted molar refractivity (Wildman–Crippen MR) is 127 cm³/mol. The first-order chi connectivity index (χ1) is 15.0. The van der Waals surface area contributed by atoms with E-state index >= 15 is 0 Å². The Balaban J connectivity index is 1.38. The number of carbonyl (C=O) groups excluding carboxylic acids is 1. The zero-order valence-electron chi connectivity index (χ0n) is 17.4. The molecule has 2 heterocycles. The lowest BCUT2D eigenvalue weighted by atomic mass is 10.1. The first-order valence-corrected chi connectivity index (χ1v) is 10.7. The van der Waals surface area contributed by atoms with Gasteiger partial charge in [-0.3, -0.25) is 0 Å². The number of aromatic nitrogens is 2. The minimum absolute atomic E-state index is 0.337. The van der Waals surface area contributed by atoms with Crippen LogP contribution in [0.5, 0.6) is 0 Å². The average molecular weight is 437 g/mol. The van der Waals surface area contributed by atoms with Crippen LogP contribution < -0.4 is 20.9 Å². The highest BCUT2D eigenvalue weighted by molar-refractivity contribution is 6.30. The molecule has 1 aliphatic heterocycles. The van der Waals surface area contributed by atoms with Crippen molar-refractivity contribution in [3.05, 3.63) is 65.3 Å². The molecule has 0 unspecified atom stereocenters. The Morgan fingerprint density at radius 3 is 2.35 bits per heavy atom. The molecule has 160 valence electrons. The molecule has 31 heavy (non-hydrogen) atoms. The molecular formula is C23H25ClN6O. The number of benzene rings is 2. The summed E-state index contributed by atoms with van der Waals surface area (Å²) in [5.74, 6) is 1.53. The molecule has 7 nitrogen and oxygen atoms in total. The van der Waals surface area contributed by atoms with E-state index in [9.17, 15) is 4.79 Å². The lowest BCUT2D eigenvalue weighted by Crippen LogP contribution is -2.30. The Bertz CT molecular complexity index is 1050. The standard InChI is InChI=1S/C23H25ClN6O/c1-16-14-21(30-12-3-2-4-13-30)29-22(25-16)26-18-8-10-19(11-9-18)27-23(31)28-20-7-5-6-17(24)15-20/h5-11,14-15H,2-4,12-13H2,1H3,(H,25,26,29)(H2,27,28,31). The van der Waals surface area contributed by atoms with Gasteiger partial charge in [-0.15, -0.1) is 0 Å². The van der Waals surface area contributed by atoms with Gasteiger partial charge in [-0.05, 0) is 68.7 Å². The molecule has 0 bridgehead atoms. The van der Waals surface area contributed by atoms with Crippen molar-refractivity contribution in [2.24, 2.45) is 0 Å². The SMILES string of the molecule is Cc1cc(N2CCCCC2)nc(Nc2ccc(NC(=O)Nc3cccc(Cl)c3)cc2)n1. The molecule has 2 aromatic carbocycles. The van der Waals surface area contributed by atoms with Crippen LogP contribution in [-0.2, 0) is 0 Å². The second kappa shape index (κ2) is 9.66. The van der Waals surface area contributed by atoms with Gasteiger partial charge in [0.15, 0.2) is 0 Å². The molecule has 4 rings (SSSR count). The molecule has 1 aromatic heterocycles. The molecule has 0 spiro atoms. The number of nitrogens with zero attached hydrogens (tertiary/aromatic N) is 3. The number of urea groups is 1. The number of hydrogen-bond donors (Lipinski definition) is 3. The maximum Gasteiger partial charge on any atom is 0.323 e. The van der Waals surface area contributed by atoms with Crippen molar-refractivity contribution in [3.8, 4) is 0 Å². The maximum absolute atomic E-state index is 12.2. The summed E-state index contributed by atoms with van der Waals surface area (Å²) in [5, 5.41) is 9.38. The van der Waals surface area contributed by atoms with Crippen LogP contribution in [0.1, 0.15) is 25.0 Å². The highest BCUT2D eigenvalue weighted by atomic mass is 35.5. The third kappa shape index (κ3) is 5.86. The highest BCUT2D eigenvalue weighted by Gasteiger charge is 2.14. The Hall–Kier alpha value is -3.32. The van der Waals surface area contributed by atoms with Gasteiger partial charge in [0.2, 0.25) is 5.95 Å². The molecule has 0 saturated carbocycles. The van der Waals surface area contributed by atoms with Crippen molar-refractivity contribution < 1.29 is 4.79 Å². The fraction of sp³-hybridized carbons (Fsp3) is 0.261. The zero-order chi connectivity index (χ0) is 21.6. The summed E-state index contributed by atoms with van der Waals surface area (Å²) in [7, 11) is 0. The average Bonchev–Trinajstić information content (AvgIpc) is 2.75. The van der Waals surface area contributed by atoms with E-state index in [-0.39, 0.29) is 6.03 Å². The number of rotatable bonds is 5. The van der Waals surface area contributed by atoms with E-state index in [1.807, 2.05) is 37.3 Å². The number of piperidine rings is 1. The van der Waals surface area contributed by atoms with Crippen LogP contribution in [0.2, 0.25) is 5.02 Å². The lowest BCUT2D eigenvalue weighted by Gasteiger charge is -2.28. The van der Waals surface area contributed by atoms with Crippen LogP contribution in [0.4, 0.5) is 33.6 Å². The second-order valence-corrected chi connectivity index (χ2v) is 7.97. The van der Waals surface area contributed by atoms with Crippen LogP contribution in [0.15, 0.2) is 54.6 Å². The number of halogens is 1. The molecule has 1 aliphatic rings. The molecule has 2 amide bonds. The topological polar surface area (TPSA) is 82.2 Å². The van der Waals surface area contributed by atoms with E-state index in [2.05, 4.69) is 25.8 Å². The van der Waals surface area contributed by atoms with Crippen LogP contribution in [0, 0.1) is 6.92 Å². The number of amides is 2. The number of nitrogens with one attached hydrogen (secondary N) is 3. The van der Waals surface area contributed by atoms with Crippen molar-refractivity contribution in [1.29, 1.82) is 0 Å². The summed E-state index contributed by atoms with van der Waals surface area (Å²) in [5.41, 5.74) is 3.07. The first-order valence-electron chi connectivity index (χ1n) is 10.4. The Kier molecular flexibility index (Phi) is 6.52. The van der Waals surface area contributed by atoms with Crippen molar-refractivity contribution >= 4 is 46.5 Å². The summed E-state index contributed by atoms with van der Waals surface area (Å²) in [4.78, 5) is 23.7. The summed E-state index contributed by atoms with van der Waals surface area (Å²) in [6.07, 6.45) is 3.68. The van der Waals surface area contributed by atoms with Crippen molar-refractivity contribution in [1.82, 2.24) is 9.97 Å². The van der Waals surface area contributed by atoms with Gasteiger partial charge >= 0.3 is 6.03 Å². The summed E-state index contributed by atoms with van der Waals surface area (Å²) in [6, 6.07) is 16.1. The summed E-state index contributed by atoms with van der Waals surface area (Å²) in [6.45, 7) is 4.05. The van der Waals surface area contributed by atoms with Crippen LogP contribution in [0.3, 0.4) is 0 Å². The molecule has 1 saturated heterocycles. The molecule has 0 aliphatic carbocycles. The Morgan fingerprint density at radius 2 is 1.61 bits per heavy atom. The minimum Gasteiger partial charge on any atom is -0.356 e. The van der Waals surface area contributed by atoms with E-state index in [0.29, 0.717) is 22.3 Å². The minimum atomic E-state index is -0.337. The van der Waals surface area contributed by atoms with Crippen molar-refractivity contribution in [2.45, 2.75) is 26.2 Å². The first kappa shape index (κ1) is 20.9. The summed E-state index contributed by atoms with van der Waals surface area (Å²) >= 11 is 5.94. The number of aryl methyl sites for hydroxylation is 1. The van der Waals surface area contributed by atoms with Gasteiger partial charge in [0.05, 0.1) is 0 Å². The molecule has 0 atom stereocenters. The molecule has 0 radical (unpaired) electrons. The van der Waals surface area contributed by atoms with Gasteiger partial charge in [-0.25, -0.2) is 9.78 Å². The maximum atomic E-state index is 12.2. The molecule has 1 fully saturated rings. The predicted octanol–water partition coefficient (Wildman–Crippen LogP) is 5.82. The third-order valence-corrected chi connectivity index (χ3v) is 5.24. The van der Waals surface area contributed by atoms with Crippen molar-refractivity contribution in [3.63, 3.8) is 0 Å². The zero-order valence-corrected chi connectivity index (χ0v) is 18.1. The number of carbonyl (C=O) groups is 1. The van der Waals surface area contributed by atoms with Crippen LogP contribution >= 0.6 is 11.6 Å². The quantitative estimate of drug-likeness (QED) is 0.469. The van der Waals surface area contributed by atoms with Crippen molar-refractivity contribution in [2.75, 3.05) is 33.9 Å². The van der Waals surface area contributed by atoms with E-state index in [4.69, 9.17) is 16.6 Å². The highest BCUT2D eigenvalue weighted by Crippen LogP contribution is 2.22. The largest absolute Gasteiger partial charge is 0.356 e. The van der Waals surface area contributed by atoms with Gasteiger partial charge in [-0.2, -0.15) is 4.98 Å². The fourth-order valence-corrected chi connectivity index (χ4v) is 3.71. The third-order valence-electron chi connectivity index (χ3n) is 5.00. The number of hydrogen-bond acceptors (Lipinski definition) is 5. The van der Waals surface area contributed by atoms with Crippen LogP contribution in [-0.4, -0.2) is 29.1 Å². The molecule has 3 aromatic rings. The fourth-order valence-electron chi connectivity index (χ4n) is 3.52. The second-order valence-electron chi connectivity index (χ2n) is 7.53. The van der Waals surface area contributed by atoms with E-state index in [0.717, 1.165) is 30.3 Å². The number of anilines is 5. The molecule has 8 heteroatoms. The van der Waals surface area contributed by atoms with E-state index < -0.39 is 0 Å².